The molecule has 4 aromatic carbocycles. The van der Waals surface area contributed by atoms with Crippen molar-refractivity contribution in [3.8, 4) is 5.75 Å². The molecule has 4 aromatic rings. The van der Waals surface area contributed by atoms with E-state index in [2.05, 4.69) is 14.9 Å². The molecule has 0 amide bonds. The molecule has 0 saturated heterocycles. The molecule has 0 saturated carbocycles. The van der Waals surface area contributed by atoms with Crippen LogP contribution in [0.2, 0.25) is 0 Å². The molecule has 0 aliphatic rings. The molecule has 0 unspecified atom stereocenters. The Labute approximate surface area is 202 Å². The minimum atomic E-state index is -4.59. The van der Waals surface area contributed by atoms with Crippen molar-refractivity contribution in [3.05, 3.63) is 66.2 Å². The Morgan fingerprint density at radius 3 is 2.41 bits per heavy atom. The maximum absolute atomic E-state index is 12.0. The van der Waals surface area contributed by atoms with Gasteiger partial charge in [0.2, 0.25) is 0 Å². The first-order valence-corrected chi connectivity index (χ1v) is 12.4. The first kappa shape index (κ1) is 24.5. The molecular weight excluding hydrogens is 506 g/mol. The zero-order valence-electron chi connectivity index (χ0n) is 17.3. The monoisotopic (exact) mass is 523 g/mol. The third-order valence-corrected chi connectivity index (χ3v) is 7.12. The molecule has 0 heterocycles. The summed E-state index contributed by atoms with van der Waals surface area (Å²) >= 11 is 1.52. The van der Waals surface area contributed by atoms with Crippen LogP contribution in [-0.2, 0) is 28.8 Å². The molecule has 0 aliphatic carbocycles. The molecule has 13 heteroatoms. The summed E-state index contributed by atoms with van der Waals surface area (Å²) in [5, 5.41) is 24.3. The molecule has 0 spiro atoms. The molecule has 178 valence electrons. The van der Waals surface area contributed by atoms with Crippen molar-refractivity contribution in [1.82, 2.24) is 0 Å². The summed E-state index contributed by atoms with van der Waals surface area (Å²) in [5.74, 6) is 0.151. The van der Waals surface area contributed by atoms with Gasteiger partial charge in [-0.2, -0.15) is 8.42 Å². The van der Waals surface area contributed by atoms with E-state index in [9.17, 15) is 18.1 Å². The molecule has 0 atom stereocenters. The molecule has 0 bridgehead atoms. The highest BCUT2D eigenvalue weighted by Gasteiger charge is 2.18. The van der Waals surface area contributed by atoms with E-state index >= 15 is 0 Å². The summed E-state index contributed by atoms with van der Waals surface area (Å²) in [6.07, 6.45) is 0. The summed E-state index contributed by atoms with van der Waals surface area (Å²) < 4.78 is 43.2. The van der Waals surface area contributed by atoms with E-state index in [0.29, 0.717) is 32.8 Å². The zero-order chi connectivity index (χ0) is 24.3. The fourth-order valence-corrected chi connectivity index (χ4v) is 5.28. The minimum Gasteiger partial charge on any atom is -0.508 e. The van der Waals surface area contributed by atoms with E-state index in [1.807, 2.05) is 12.1 Å². The van der Waals surface area contributed by atoms with Crippen molar-refractivity contribution in [1.29, 1.82) is 0 Å². The van der Waals surface area contributed by atoms with E-state index in [1.165, 1.54) is 18.2 Å². The highest BCUT2D eigenvalue weighted by molar-refractivity contribution is 7.95. The molecule has 4 N–H and O–H groups in total. The van der Waals surface area contributed by atoms with Gasteiger partial charge in [0.25, 0.3) is 10.1 Å². The van der Waals surface area contributed by atoms with Crippen LogP contribution in [0.25, 0.3) is 21.5 Å². The molecule has 34 heavy (non-hydrogen) atoms. The number of fused-ring (bicyclic) bond motifs is 2. The second-order valence-corrected chi connectivity index (χ2v) is 9.80. The van der Waals surface area contributed by atoms with Crippen LogP contribution < -0.4 is 5.48 Å². The van der Waals surface area contributed by atoms with Gasteiger partial charge in [0.15, 0.2) is 0 Å². The fourth-order valence-electron chi connectivity index (χ4n) is 3.42. The van der Waals surface area contributed by atoms with Crippen LogP contribution in [-0.4, -0.2) is 23.3 Å². The van der Waals surface area contributed by atoms with E-state index in [1.54, 1.807) is 37.3 Å². The van der Waals surface area contributed by atoms with Crippen LogP contribution in [0.3, 0.4) is 0 Å². The Hall–Kier alpha value is -2.59. The third-order valence-electron chi connectivity index (χ3n) is 4.91. The Morgan fingerprint density at radius 2 is 1.65 bits per heavy atom. The van der Waals surface area contributed by atoms with Gasteiger partial charge in [-0.1, -0.05) is 35.4 Å². The van der Waals surface area contributed by atoms with Crippen LogP contribution in [0.5, 0.6) is 5.75 Å². The van der Waals surface area contributed by atoms with Gasteiger partial charge in [-0.05, 0) is 48.2 Å². The van der Waals surface area contributed by atoms with Gasteiger partial charge in [0.05, 0.1) is 29.8 Å². The lowest BCUT2D eigenvalue weighted by molar-refractivity contribution is -0.432. The summed E-state index contributed by atoms with van der Waals surface area (Å²) in [5.41, 5.74) is 3.31. The van der Waals surface area contributed by atoms with E-state index in [-0.39, 0.29) is 21.7 Å². The van der Waals surface area contributed by atoms with E-state index in [0.717, 1.165) is 22.8 Å². The number of hydrogen-bond acceptors (Lipinski definition) is 11. The Bertz CT molecular complexity index is 1460. The van der Waals surface area contributed by atoms with E-state index < -0.39 is 10.1 Å². The van der Waals surface area contributed by atoms with Crippen molar-refractivity contribution < 1.29 is 42.0 Å². The van der Waals surface area contributed by atoms with Gasteiger partial charge >= 0.3 is 0 Å². The number of aromatic hydroxyl groups is 1. The molecule has 10 nitrogen and oxygen atoms in total. The topological polar surface area (TPSA) is 144 Å². The second-order valence-electron chi connectivity index (χ2n) is 6.93. The smallest absolute Gasteiger partial charge is 0.295 e. The fraction of sp³-hybridized carbons (Fsp3) is 0.0476. The summed E-state index contributed by atoms with van der Waals surface area (Å²) in [7, 11) is -4.59. The van der Waals surface area contributed by atoms with Crippen molar-refractivity contribution in [2.75, 3.05) is 5.48 Å². The maximum atomic E-state index is 12.0. The summed E-state index contributed by atoms with van der Waals surface area (Å²) in [6.45, 7) is 1.79. The normalized spacial score (nSPS) is 11.9. The number of phenols is 1. The third kappa shape index (κ3) is 5.22. The van der Waals surface area contributed by atoms with Crippen molar-refractivity contribution in [3.63, 3.8) is 0 Å². The van der Waals surface area contributed by atoms with Crippen LogP contribution in [0.15, 0.2) is 75.4 Å². The maximum Gasteiger partial charge on any atom is 0.295 e. The van der Waals surface area contributed by atoms with Crippen LogP contribution in [0.4, 0.5) is 5.69 Å². The number of anilines is 1. The van der Waals surface area contributed by atoms with Crippen molar-refractivity contribution in [2.45, 2.75) is 21.6 Å². The molecule has 0 aromatic heterocycles. The lowest BCUT2D eigenvalue weighted by Gasteiger charge is -2.12. The van der Waals surface area contributed by atoms with Crippen molar-refractivity contribution >= 4 is 61.4 Å². The molecular formula is C21H17NO9S3. The van der Waals surface area contributed by atoms with Gasteiger partial charge in [0, 0.05) is 25.9 Å². The van der Waals surface area contributed by atoms with Crippen molar-refractivity contribution in [2.24, 2.45) is 0 Å². The quantitative estimate of drug-likeness (QED) is 0.0706. The molecule has 0 radical (unpaired) electrons. The van der Waals surface area contributed by atoms with Crippen LogP contribution in [0, 0.1) is 6.92 Å². The lowest BCUT2D eigenvalue weighted by atomic mass is 10.0. The average Bonchev–Trinajstić information content (AvgIpc) is 2.81. The SMILES string of the molecule is Cc1c(O)ccc2cccc(SOONc3cc(S(=O)(=O)O)c4cccc(SOOO)c4c3)c12. The standard InChI is InChI=1S/C21H17NO9S3/c1-12-17(23)9-8-13-4-2-7-19(21(12)13)33-30-28-22-14-10-16-15(20(11-14)34(25,26)27)5-3-6-18(16)32-31-29-24/h2-11,22-24H,1H3,(H,25,26,27). The van der Waals surface area contributed by atoms with Gasteiger partial charge in [-0.25, -0.2) is 10.7 Å². The Kier molecular flexibility index (Phi) is 7.47. The van der Waals surface area contributed by atoms with E-state index in [4.69, 9.17) is 14.6 Å². The second kappa shape index (κ2) is 10.4. The number of aryl methyl sites for hydroxylation is 1. The Balaban J connectivity index is 1.57. The first-order chi connectivity index (χ1) is 16.3. The van der Waals surface area contributed by atoms with Gasteiger partial charge in [0.1, 0.15) is 10.6 Å². The minimum absolute atomic E-state index is 0.144. The van der Waals surface area contributed by atoms with Crippen LogP contribution >= 0.6 is 24.1 Å². The largest absolute Gasteiger partial charge is 0.508 e. The number of phenolic OH excluding ortho intramolecular Hbond substituents is 1. The number of benzene rings is 4. The van der Waals surface area contributed by atoms with Gasteiger partial charge < -0.3 is 5.11 Å². The summed E-state index contributed by atoms with van der Waals surface area (Å²) in [6, 6.07) is 16.3. The number of rotatable bonds is 9. The number of nitrogens with one attached hydrogen (secondary N) is 1. The van der Waals surface area contributed by atoms with Crippen LogP contribution in [0.1, 0.15) is 5.56 Å². The molecule has 0 fully saturated rings. The lowest BCUT2D eigenvalue weighted by Crippen LogP contribution is -2.04. The first-order valence-electron chi connectivity index (χ1n) is 9.46. The average molecular weight is 524 g/mol. The summed E-state index contributed by atoms with van der Waals surface area (Å²) in [4.78, 5) is 5.75. The molecule has 4 rings (SSSR count). The highest BCUT2D eigenvalue weighted by Crippen LogP contribution is 2.36. The van der Waals surface area contributed by atoms with Gasteiger partial charge in [-0.15, -0.1) is 13.7 Å². The van der Waals surface area contributed by atoms with Gasteiger partial charge in [-0.3, -0.25) is 4.55 Å². The molecule has 0 aliphatic heterocycles. The highest BCUT2D eigenvalue weighted by atomic mass is 32.2. The predicted molar refractivity (Wildman–Crippen MR) is 126 cm³/mol. The number of hydrogen-bond donors (Lipinski definition) is 4. The zero-order valence-corrected chi connectivity index (χ0v) is 19.7. The predicted octanol–water partition coefficient (Wildman–Crippen LogP) is 5.66. The Morgan fingerprint density at radius 1 is 0.912 bits per heavy atom.